The largest absolute Gasteiger partial charge is 0.396 e. The summed E-state index contributed by atoms with van der Waals surface area (Å²) in [4.78, 5) is 13.4. The van der Waals surface area contributed by atoms with Gasteiger partial charge in [-0.25, -0.2) is 8.78 Å². The van der Waals surface area contributed by atoms with Crippen molar-refractivity contribution in [1.82, 2.24) is 4.90 Å². The fraction of sp³-hybridized carbons (Fsp3) is 0.500. The molecular weight excluding hydrogens is 252 g/mol. The highest BCUT2D eigenvalue weighted by atomic mass is 19.1. The number of benzene rings is 1. The molecule has 0 bridgehead atoms. The first-order valence-corrected chi connectivity index (χ1v) is 6.29. The molecule has 0 atom stereocenters. The number of aliphatic hydroxyl groups is 1. The third-order valence-electron chi connectivity index (χ3n) is 2.98. The van der Waals surface area contributed by atoms with Crippen LogP contribution in [0.3, 0.4) is 0 Å². The van der Waals surface area contributed by atoms with Gasteiger partial charge in [-0.3, -0.25) is 4.79 Å². The van der Waals surface area contributed by atoms with Gasteiger partial charge in [0.25, 0.3) is 5.91 Å². The molecule has 0 aromatic heterocycles. The Morgan fingerprint density at radius 3 is 2.53 bits per heavy atom. The van der Waals surface area contributed by atoms with Crippen LogP contribution in [0.2, 0.25) is 0 Å². The lowest BCUT2D eigenvalue weighted by atomic mass is 10.1. The number of hydrogen-bond acceptors (Lipinski definition) is 2. The molecule has 1 rings (SSSR count). The van der Waals surface area contributed by atoms with Crippen molar-refractivity contribution >= 4 is 5.91 Å². The molecule has 106 valence electrons. The molecular formula is C14H19F2NO2. The van der Waals surface area contributed by atoms with Crippen LogP contribution in [0.1, 0.15) is 35.2 Å². The molecule has 0 fully saturated rings. The summed E-state index contributed by atoms with van der Waals surface area (Å²) in [5.41, 5.74) is 0.141. The van der Waals surface area contributed by atoms with Gasteiger partial charge in [0.2, 0.25) is 0 Å². The summed E-state index contributed by atoms with van der Waals surface area (Å²) in [5.74, 6) is -1.94. The Morgan fingerprint density at radius 2 is 1.89 bits per heavy atom. The predicted molar refractivity (Wildman–Crippen MR) is 69.0 cm³/mol. The molecule has 5 heteroatoms. The fourth-order valence-electron chi connectivity index (χ4n) is 1.77. The van der Waals surface area contributed by atoms with Crippen molar-refractivity contribution in [3.05, 3.63) is 34.9 Å². The number of carbonyl (C=O) groups is 1. The predicted octanol–water partition coefficient (Wildman–Crippen LogP) is 2.51. The molecule has 1 aromatic rings. The van der Waals surface area contributed by atoms with E-state index < -0.39 is 17.5 Å². The van der Waals surface area contributed by atoms with Crippen LogP contribution in [0.25, 0.3) is 0 Å². The van der Waals surface area contributed by atoms with E-state index in [9.17, 15) is 13.6 Å². The summed E-state index contributed by atoms with van der Waals surface area (Å²) in [6.45, 7) is 2.10. The van der Waals surface area contributed by atoms with Crippen LogP contribution in [0.15, 0.2) is 12.1 Å². The van der Waals surface area contributed by atoms with Crippen LogP contribution < -0.4 is 0 Å². The number of carbonyl (C=O) groups excluding carboxylic acids is 1. The van der Waals surface area contributed by atoms with E-state index in [0.29, 0.717) is 13.0 Å². The monoisotopic (exact) mass is 271 g/mol. The maximum Gasteiger partial charge on any atom is 0.256 e. The van der Waals surface area contributed by atoms with E-state index in [4.69, 9.17) is 5.11 Å². The molecule has 1 N–H and O–H groups in total. The molecule has 0 aliphatic heterocycles. The van der Waals surface area contributed by atoms with Crippen molar-refractivity contribution in [2.45, 2.75) is 26.2 Å². The summed E-state index contributed by atoms with van der Waals surface area (Å²) in [6, 6.07) is 1.97. The second-order valence-corrected chi connectivity index (χ2v) is 4.59. The highest BCUT2D eigenvalue weighted by Crippen LogP contribution is 2.16. The third kappa shape index (κ3) is 4.28. The SMILES string of the molecule is Cc1cc(C(=O)N(C)CCCCCO)c(F)cc1F. The lowest BCUT2D eigenvalue weighted by Gasteiger charge is -2.17. The molecule has 0 saturated carbocycles. The van der Waals surface area contributed by atoms with Gasteiger partial charge in [-0.05, 0) is 37.8 Å². The Bertz CT molecular complexity index is 449. The lowest BCUT2D eigenvalue weighted by molar-refractivity contribution is 0.0787. The Labute approximate surface area is 111 Å². The van der Waals surface area contributed by atoms with Gasteiger partial charge in [-0.15, -0.1) is 0 Å². The minimum atomic E-state index is -0.838. The molecule has 3 nitrogen and oxygen atoms in total. The minimum absolute atomic E-state index is 0.108. The third-order valence-corrected chi connectivity index (χ3v) is 2.98. The first-order valence-electron chi connectivity index (χ1n) is 6.29. The Balaban J connectivity index is 2.69. The standard InChI is InChI=1S/C14H19F2NO2/c1-10-8-11(13(16)9-12(10)15)14(19)17(2)6-4-3-5-7-18/h8-9,18H,3-7H2,1-2H3. The van der Waals surface area contributed by atoms with Crippen LogP contribution in [0, 0.1) is 18.6 Å². The second kappa shape index (κ2) is 7.19. The minimum Gasteiger partial charge on any atom is -0.396 e. The van der Waals surface area contributed by atoms with Crippen LogP contribution in [0.5, 0.6) is 0 Å². The van der Waals surface area contributed by atoms with Gasteiger partial charge >= 0.3 is 0 Å². The average molecular weight is 271 g/mol. The van der Waals surface area contributed by atoms with Crippen molar-refractivity contribution in [2.24, 2.45) is 0 Å². The summed E-state index contributed by atoms with van der Waals surface area (Å²) in [7, 11) is 1.58. The summed E-state index contributed by atoms with van der Waals surface area (Å²) in [6.07, 6.45) is 2.23. The maximum atomic E-state index is 13.6. The van der Waals surface area contributed by atoms with E-state index >= 15 is 0 Å². The quantitative estimate of drug-likeness (QED) is 0.808. The van der Waals surface area contributed by atoms with Gasteiger partial charge in [-0.2, -0.15) is 0 Å². The number of aryl methyl sites for hydroxylation is 1. The maximum absolute atomic E-state index is 13.6. The van der Waals surface area contributed by atoms with Gasteiger partial charge in [0, 0.05) is 26.3 Å². The first-order chi connectivity index (χ1) is 8.97. The normalized spacial score (nSPS) is 10.6. The van der Waals surface area contributed by atoms with E-state index in [0.717, 1.165) is 18.9 Å². The van der Waals surface area contributed by atoms with E-state index in [1.54, 1.807) is 7.05 Å². The molecule has 0 unspecified atom stereocenters. The second-order valence-electron chi connectivity index (χ2n) is 4.59. The molecule has 1 amide bonds. The molecule has 0 aliphatic carbocycles. The highest BCUT2D eigenvalue weighted by molar-refractivity contribution is 5.94. The van der Waals surface area contributed by atoms with Crippen molar-refractivity contribution in [2.75, 3.05) is 20.2 Å². The number of aliphatic hydroxyl groups excluding tert-OH is 1. The molecule has 0 spiro atoms. The van der Waals surface area contributed by atoms with Crippen LogP contribution >= 0.6 is 0 Å². The summed E-state index contributed by atoms with van der Waals surface area (Å²) in [5, 5.41) is 8.65. The van der Waals surface area contributed by atoms with Gasteiger partial charge in [0.05, 0.1) is 5.56 Å². The number of unbranched alkanes of at least 4 members (excludes halogenated alkanes) is 2. The number of amides is 1. The molecule has 0 saturated heterocycles. The van der Waals surface area contributed by atoms with Gasteiger partial charge in [-0.1, -0.05) is 0 Å². The number of hydrogen-bond donors (Lipinski definition) is 1. The van der Waals surface area contributed by atoms with Crippen LogP contribution in [-0.4, -0.2) is 36.1 Å². The van der Waals surface area contributed by atoms with E-state index in [-0.39, 0.29) is 17.7 Å². The van der Waals surface area contributed by atoms with Gasteiger partial charge < -0.3 is 10.0 Å². The Morgan fingerprint density at radius 1 is 1.21 bits per heavy atom. The van der Waals surface area contributed by atoms with E-state index in [1.165, 1.54) is 17.9 Å². The lowest BCUT2D eigenvalue weighted by Crippen LogP contribution is -2.28. The summed E-state index contributed by atoms with van der Waals surface area (Å²) >= 11 is 0. The fourth-order valence-corrected chi connectivity index (χ4v) is 1.77. The number of halogens is 2. The molecule has 19 heavy (non-hydrogen) atoms. The number of rotatable bonds is 6. The van der Waals surface area contributed by atoms with Crippen molar-refractivity contribution in [1.29, 1.82) is 0 Å². The number of nitrogens with zero attached hydrogens (tertiary/aromatic N) is 1. The molecule has 0 radical (unpaired) electrons. The Hall–Kier alpha value is -1.49. The zero-order valence-corrected chi connectivity index (χ0v) is 11.2. The first kappa shape index (κ1) is 15.6. The van der Waals surface area contributed by atoms with E-state index in [2.05, 4.69) is 0 Å². The van der Waals surface area contributed by atoms with Crippen molar-refractivity contribution < 1.29 is 18.7 Å². The molecule has 0 heterocycles. The smallest absolute Gasteiger partial charge is 0.256 e. The van der Waals surface area contributed by atoms with Crippen LogP contribution in [-0.2, 0) is 0 Å². The Kier molecular flexibility index (Phi) is 5.89. The topological polar surface area (TPSA) is 40.5 Å². The molecule has 0 aliphatic rings. The van der Waals surface area contributed by atoms with Crippen molar-refractivity contribution in [3.8, 4) is 0 Å². The zero-order chi connectivity index (χ0) is 14.4. The van der Waals surface area contributed by atoms with Gasteiger partial charge in [0.15, 0.2) is 0 Å². The molecule has 1 aromatic carbocycles. The van der Waals surface area contributed by atoms with Crippen molar-refractivity contribution in [3.63, 3.8) is 0 Å². The van der Waals surface area contributed by atoms with Crippen LogP contribution in [0.4, 0.5) is 8.78 Å². The highest BCUT2D eigenvalue weighted by Gasteiger charge is 2.17. The van der Waals surface area contributed by atoms with E-state index in [1.807, 2.05) is 0 Å². The summed E-state index contributed by atoms with van der Waals surface area (Å²) < 4.78 is 26.7. The zero-order valence-electron chi connectivity index (χ0n) is 11.2. The van der Waals surface area contributed by atoms with Gasteiger partial charge in [0.1, 0.15) is 11.6 Å². The average Bonchev–Trinajstić information content (AvgIpc) is 2.38.